The molecule has 0 fully saturated rings. The summed E-state index contributed by atoms with van der Waals surface area (Å²) in [6, 6.07) is 24.0. The Kier molecular flexibility index (Phi) is 4.40. The molecular formula is C26H21NO3. The topological polar surface area (TPSA) is 51.3 Å². The highest BCUT2D eigenvalue weighted by Gasteiger charge is 2.24. The summed E-state index contributed by atoms with van der Waals surface area (Å²) >= 11 is 0. The van der Waals surface area contributed by atoms with Crippen LogP contribution in [0.15, 0.2) is 72.8 Å². The maximum absolute atomic E-state index is 13.2. The van der Waals surface area contributed by atoms with Crippen molar-refractivity contribution in [1.82, 2.24) is 4.98 Å². The second-order valence-corrected chi connectivity index (χ2v) is 7.17. The molecule has 4 heteroatoms. The minimum atomic E-state index is -0.313. The molecule has 0 saturated heterocycles. The lowest BCUT2D eigenvalue weighted by Gasteiger charge is -2.15. The van der Waals surface area contributed by atoms with Crippen molar-refractivity contribution in [2.24, 2.45) is 0 Å². The Morgan fingerprint density at radius 2 is 1.53 bits per heavy atom. The molecule has 0 unspecified atom stereocenters. The van der Waals surface area contributed by atoms with Crippen LogP contribution in [0.4, 0.5) is 0 Å². The lowest BCUT2D eigenvalue weighted by Crippen LogP contribution is -2.08. The number of nitrogens with one attached hydrogen (secondary N) is 1. The highest BCUT2D eigenvalue weighted by atomic mass is 16.5. The van der Waals surface area contributed by atoms with Crippen LogP contribution in [0.25, 0.3) is 43.7 Å². The molecule has 4 aromatic carbocycles. The molecule has 5 rings (SSSR count). The molecule has 30 heavy (non-hydrogen) atoms. The minimum Gasteiger partial charge on any atom is -0.497 e. The second kappa shape index (κ2) is 7.23. The Bertz CT molecular complexity index is 1400. The van der Waals surface area contributed by atoms with E-state index in [9.17, 15) is 4.79 Å². The van der Waals surface area contributed by atoms with Crippen LogP contribution in [0.5, 0.6) is 5.75 Å². The van der Waals surface area contributed by atoms with E-state index in [0.717, 1.165) is 49.5 Å². The molecule has 0 bridgehead atoms. The Labute approximate surface area is 174 Å². The van der Waals surface area contributed by atoms with Crippen molar-refractivity contribution in [2.45, 2.75) is 6.92 Å². The molecule has 0 saturated carbocycles. The highest BCUT2D eigenvalue weighted by molar-refractivity contribution is 6.28. The van der Waals surface area contributed by atoms with Gasteiger partial charge in [-0.3, -0.25) is 0 Å². The standard InChI is InChI=1S/C26H21NO3/c1-3-30-26(28)24-18-8-4-5-9-19(18)25-23(20-10-6-7-11-21(20)27-25)22(24)16-12-14-17(29-2)15-13-16/h4-15,27H,3H2,1-2H3. The van der Waals surface area contributed by atoms with E-state index in [2.05, 4.69) is 17.1 Å². The van der Waals surface area contributed by atoms with Crippen LogP contribution in [0.3, 0.4) is 0 Å². The Morgan fingerprint density at radius 1 is 0.867 bits per heavy atom. The zero-order valence-corrected chi connectivity index (χ0v) is 16.9. The van der Waals surface area contributed by atoms with Gasteiger partial charge in [0.15, 0.2) is 0 Å². The van der Waals surface area contributed by atoms with Crippen LogP contribution in [0.1, 0.15) is 17.3 Å². The van der Waals surface area contributed by atoms with E-state index < -0.39 is 0 Å². The molecule has 1 N–H and O–H groups in total. The van der Waals surface area contributed by atoms with Gasteiger partial charge in [0.05, 0.1) is 24.8 Å². The summed E-state index contributed by atoms with van der Waals surface area (Å²) in [6.45, 7) is 2.15. The number of H-pyrrole nitrogens is 1. The molecule has 1 aromatic heterocycles. The van der Waals surface area contributed by atoms with Crippen LogP contribution in [-0.2, 0) is 4.74 Å². The summed E-state index contributed by atoms with van der Waals surface area (Å²) in [7, 11) is 1.65. The fraction of sp³-hybridized carbons (Fsp3) is 0.115. The molecule has 0 spiro atoms. The summed E-state index contributed by atoms with van der Waals surface area (Å²) in [5.74, 6) is 0.457. The number of hydrogen-bond acceptors (Lipinski definition) is 3. The Hall–Kier alpha value is -3.79. The average Bonchev–Trinajstić information content (AvgIpc) is 3.18. The molecule has 5 aromatic rings. The number of benzene rings is 4. The van der Waals surface area contributed by atoms with E-state index in [1.807, 2.05) is 67.6 Å². The van der Waals surface area contributed by atoms with E-state index in [4.69, 9.17) is 9.47 Å². The Morgan fingerprint density at radius 3 is 2.23 bits per heavy atom. The number of rotatable bonds is 4. The lowest BCUT2D eigenvalue weighted by molar-refractivity contribution is 0.0529. The second-order valence-electron chi connectivity index (χ2n) is 7.17. The first-order valence-electron chi connectivity index (χ1n) is 9.99. The number of fused-ring (bicyclic) bond motifs is 5. The van der Waals surface area contributed by atoms with E-state index in [-0.39, 0.29) is 5.97 Å². The fourth-order valence-electron chi connectivity index (χ4n) is 4.24. The summed E-state index contributed by atoms with van der Waals surface area (Å²) in [4.78, 5) is 16.8. The van der Waals surface area contributed by atoms with Gasteiger partial charge in [-0.2, -0.15) is 0 Å². The molecule has 0 atom stereocenters. The van der Waals surface area contributed by atoms with Gasteiger partial charge in [-0.15, -0.1) is 0 Å². The number of carbonyl (C=O) groups excluding carboxylic acids is 1. The highest BCUT2D eigenvalue weighted by Crippen LogP contribution is 2.43. The molecule has 0 aliphatic carbocycles. The maximum atomic E-state index is 13.2. The van der Waals surface area contributed by atoms with Crippen LogP contribution in [0.2, 0.25) is 0 Å². The van der Waals surface area contributed by atoms with Crippen molar-refractivity contribution >= 4 is 38.5 Å². The molecule has 0 aliphatic heterocycles. The Balaban J connectivity index is 2.01. The van der Waals surface area contributed by atoms with Crippen molar-refractivity contribution in [3.63, 3.8) is 0 Å². The van der Waals surface area contributed by atoms with Crippen LogP contribution in [-0.4, -0.2) is 24.7 Å². The summed E-state index contributed by atoms with van der Waals surface area (Å²) in [5, 5.41) is 3.98. The average molecular weight is 395 g/mol. The van der Waals surface area contributed by atoms with E-state index in [1.165, 1.54) is 0 Å². The molecule has 0 aliphatic rings. The quantitative estimate of drug-likeness (QED) is 0.362. The fourth-order valence-corrected chi connectivity index (χ4v) is 4.24. The normalized spacial score (nSPS) is 11.3. The third kappa shape index (κ3) is 2.72. The van der Waals surface area contributed by atoms with Gasteiger partial charge in [0.2, 0.25) is 0 Å². The maximum Gasteiger partial charge on any atom is 0.339 e. The van der Waals surface area contributed by atoms with Gasteiger partial charge in [-0.1, -0.05) is 54.6 Å². The minimum absolute atomic E-state index is 0.313. The zero-order chi connectivity index (χ0) is 20.7. The van der Waals surface area contributed by atoms with E-state index in [0.29, 0.717) is 12.2 Å². The molecule has 148 valence electrons. The number of hydrogen-bond donors (Lipinski definition) is 1. The number of ether oxygens (including phenoxy) is 2. The van der Waals surface area contributed by atoms with Crippen molar-refractivity contribution in [2.75, 3.05) is 13.7 Å². The molecule has 0 radical (unpaired) electrons. The first-order valence-corrected chi connectivity index (χ1v) is 9.99. The van der Waals surface area contributed by atoms with Crippen molar-refractivity contribution in [3.05, 3.63) is 78.4 Å². The molecular weight excluding hydrogens is 374 g/mol. The molecule has 0 amide bonds. The van der Waals surface area contributed by atoms with Gasteiger partial charge in [-0.25, -0.2) is 4.79 Å². The van der Waals surface area contributed by atoms with Crippen LogP contribution >= 0.6 is 0 Å². The largest absolute Gasteiger partial charge is 0.497 e. The monoisotopic (exact) mass is 395 g/mol. The lowest BCUT2D eigenvalue weighted by atomic mass is 9.89. The number of methoxy groups -OCH3 is 1. The summed E-state index contributed by atoms with van der Waals surface area (Å²) < 4.78 is 10.8. The number of para-hydroxylation sites is 1. The summed E-state index contributed by atoms with van der Waals surface area (Å²) in [5.41, 5.74) is 4.47. The van der Waals surface area contributed by atoms with Gasteiger partial charge in [-0.05, 0) is 36.1 Å². The molecule has 4 nitrogen and oxygen atoms in total. The first-order chi connectivity index (χ1) is 14.7. The number of aromatic amines is 1. The van der Waals surface area contributed by atoms with Crippen LogP contribution < -0.4 is 4.74 Å². The zero-order valence-electron chi connectivity index (χ0n) is 16.9. The summed E-state index contributed by atoms with van der Waals surface area (Å²) in [6.07, 6.45) is 0. The third-order valence-electron chi connectivity index (χ3n) is 5.53. The van der Waals surface area contributed by atoms with Gasteiger partial charge >= 0.3 is 5.97 Å². The first kappa shape index (κ1) is 18.3. The van der Waals surface area contributed by atoms with Crippen molar-refractivity contribution in [3.8, 4) is 16.9 Å². The predicted molar refractivity (Wildman–Crippen MR) is 121 cm³/mol. The SMILES string of the molecule is CCOC(=O)c1c(-c2ccc(OC)cc2)c2c3ccccc3[nH]c2c2ccccc12. The van der Waals surface area contributed by atoms with Gasteiger partial charge in [0.25, 0.3) is 0 Å². The van der Waals surface area contributed by atoms with E-state index in [1.54, 1.807) is 7.11 Å². The van der Waals surface area contributed by atoms with Gasteiger partial charge in [0.1, 0.15) is 5.75 Å². The smallest absolute Gasteiger partial charge is 0.339 e. The number of esters is 1. The molecule has 1 heterocycles. The van der Waals surface area contributed by atoms with Crippen molar-refractivity contribution < 1.29 is 14.3 Å². The number of aromatic nitrogens is 1. The van der Waals surface area contributed by atoms with Crippen LogP contribution in [0, 0.1) is 0 Å². The van der Waals surface area contributed by atoms with E-state index >= 15 is 0 Å². The van der Waals surface area contributed by atoms with Gasteiger partial charge < -0.3 is 14.5 Å². The van der Waals surface area contributed by atoms with Crippen molar-refractivity contribution in [1.29, 1.82) is 0 Å². The third-order valence-corrected chi connectivity index (χ3v) is 5.53. The predicted octanol–water partition coefficient (Wildman–Crippen LogP) is 6.33. The van der Waals surface area contributed by atoms with Gasteiger partial charge in [0, 0.05) is 27.2 Å². The number of carbonyl (C=O) groups is 1.